The number of rotatable bonds is 3. The molecular formula is C11H8Cl2N4O. The van der Waals surface area contributed by atoms with E-state index in [0.717, 1.165) is 6.42 Å². The zero-order chi connectivity index (χ0) is 12.7. The van der Waals surface area contributed by atoms with Crippen LogP contribution in [0.25, 0.3) is 0 Å². The summed E-state index contributed by atoms with van der Waals surface area (Å²) >= 11 is 11.7. The largest absolute Gasteiger partial charge is 0.294 e. The monoisotopic (exact) mass is 282 g/mol. The van der Waals surface area contributed by atoms with Gasteiger partial charge in [-0.05, 0) is 24.6 Å². The molecule has 2 atom stereocenters. The molecule has 1 fully saturated rings. The molecule has 0 spiro atoms. The lowest BCUT2D eigenvalue weighted by atomic mass is 10.1. The minimum atomic E-state index is -0.0835. The zero-order valence-electron chi connectivity index (χ0n) is 9.10. The maximum atomic E-state index is 12.2. The van der Waals surface area contributed by atoms with Gasteiger partial charge >= 0.3 is 0 Å². The predicted molar refractivity (Wildman–Crippen MR) is 65.8 cm³/mol. The topological polar surface area (TPSA) is 71.5 Å². The molecule has 1 aromatic carbocycles. The number of carbonyl (C=O) groups excluding carboxylic acids is 1. The summed E-state index contributed by atoms with van der Waals surface area (Å²) in [5.41, 5.74) is 0.570. The van der Waals surface area contributed by atoms with Crippen molar-refractivity contribution in [3.63, 3.8) is 0 Å². The minimum Gasteiger partial charge on any atom is -0.294 e. The van der Waals surface area contributed by atoms with Gasteiger partial charge in [0, 0.05) is 17.4 Å². The highest BCUT2D eigenvalue weighted by Crippen LogP contribution is 2.47. The summed E-state index contributed by atoms with van der Waals surface area (Å²) in [7, 11) is 0. The van der Waals surface area contributed by atoms with Gasteiger partial charge in [0.05, 0.1) is 10.0 Å². The molecule has 0 radical (unpaired) electrons. The first-order chi connectivity index (χ1) is 8.66. The number of nitrogens with one attached hydrogen (secondary N) is 1. The highest BCUT2D eigenvalue weighted by Gasteiger charge is 2.46. The standard InChI is InChI=1S/C11H8Cl2N4O/c12-8-2-1-5(3-9(8)13)10(18)6-4-7(6)11-14-16-17-15-11/h1-3,6-7H,4H2,(H,14,15,16,17). The lowest BCUT2D eigenvalue weighted by Crippen LogP contribution is -2.03. The Balaban J connectivity index is 1.78. The number of hydrogen-bond acceptors (Lipinski definition) is 4. The molecule has 0 aliphatic heterocycles. The van der Waals surface area contributed by atoms with E-state index in [-0.39, 0.29) is 17.6 Å². The number of hydrogen-bond donors (Lipinski definition) is 1. The molecule has 18 heavy (non-hydrogen) atoms. The van der Waals surface area contributed by atoms with Crippen molar-refractivity contribution < 1.29 is 4.79 Å². The Bertz CT molecular complexity index is 599. The fourth-order valence-corrected chi connectivity index (χ4v) is 2.26. The van der Waals surface area contributed by atoms with Crippen LogP contribution < -0.4 is 0 Å². The van der Waals surface area contributed by atoms with Crippen LogP contribution in [0.2, 0.25) is 10.0 Å². The molecule has 0 bridgehead atoms. The van der Waals surface area contributed by atoms with Gasteiger partial charge in [-0.25, -0.2) is 0 Å². The van der Waals surface area contributed by atoms with Crippen LogP contribution in [-0.4, -0.2) is 26.4 Å². The number of carbonyl (C=O) groups is 1. The van der Waals surface area contributed by atoms with Crippen molar-refractivity contribution in [2.75, 3.05) is 0 Å². The third-order valence-corrected chi connectivity index (χ3v) is 3.76. The van der Waals surface area contributed by atoms with E-state index in [1.165, 1.54) is 0 Å². The van der Waals surface area contributed by atoms with Gasteiger partial charge in [0.1, 0.15) is 0 Å². The molecule has 7 heteroatoms. The number of aromatic amines is 1. The Morgan fingerprint density at radius 3 is 2.83 bits per heavy atom. The molecule has 3 rings (SSSR count). The molecule has 1 heterocycles. The van der Waals surface area contributed by atoms with Crippen LogP contribution in [0, 0.1) is 5.92 Å². The number of aromatic nitrogens is 4. The van der Waals surface area contributed by atoms with Gasteiger partial charge in [0.2, 0.25) is 0 Å². The second-order valence-corrected chi connectivity index (χ2v) is 5.03. The molecule has 92 valence electrons. The second-order valence-electron chi connectivity index (χ2n) is 4.21. The highest BCUT2D eigenvalue weighted by atomic mass is 35.5. The molecule has 1 aliphatic carbocycles. The fourth-order valence-electron chi connectivity index (χ4n) is 1.96. The SMILES string of the molecule is O=C(c1ccc(Cl)c(Cl)c1)C1CC1c1nn[nH]n1. The predicted octanol–water partition coefficient (Wildman–Crippen LogP) is 2.49. The van der Waals surface area contributed by atoms with Gasteiger partial charge in [0.25, 0.3) is 0 Å². The van der Waals surface area contributed by atoms with Crippen molar-refractivity contribution in [3.05, 3.63) is 39.6 Å². The summed E-state index contributed by atoms with van der Waals surface area (Å²) in [6, 6.07) is 4.91. The molecule has 5 nitrogen and oxygen atoms in total. The molecular weight excluding hydrogens is 275 g/mol. The van der Waals surface area contributed by atoms with E-state index in [9.17, 15) is 4.79 Å². The first kappa shape index (κ1) is 11.6. The van der Waals surface area contributed by atoms with E-state index >= 15 is 0 Å². The quantitative estimate of drug-likeness (QED) is 0.878. The Morgan fingerprint density at radius 2 is 2.17 bits per heavy atom. The molecule has 1 N–H and O–H groups in total. The van der Waals surface area contributed by atoms with E-state index in [2.05, 4.69) is 20.6 Å². The molecule has 2 unspecified atom stereocenters. The molecule has 2 aromatic rings. The lowest BCUT2D eigenvalue weighted by Gasteiger charge is -2.01. The molecule has 1 aliphatic rings. The minimum absolute atomic E-state index is 0.0448. The number of tetrazole rings is 1. The van der Waals surface area contributed by atoms with Crippen molar-refractivity contribution >= 4 is 29.0 Å². The van der Waals surface area contributed by atoms with Gasteiger partial charge in [-0.15, -0.1) is 10.2 Å². The fraction of sp³-hybridized carbons (Fsp3) is 0.273. The number of halogens is 2. The summed E-state index contributed by atoms with van der Waals surface area (Å²) in [5.74, 6) is 0.613. The second kappa shape index (κ2) is 4.33. The number of benzene rings is 1. The van der Waals surface area contributed by atoms with Gasteiger partial charge in [-0.3, -0.25) is 4.79 Å². The number of H-pyrrole nitrogens is 1. The van der Waals surface area contributed by atoms with Gasteiger partial charge in [-0.2, -0.15) is 5.21 Å². The molecule has 0 saturated heterocycles. The Labute approximate surface area is 112 Å². The summed E-state index contributed by atoms with van der Waals surface area (Å²) in [5, 5.41) is 14.5. The number of ketones is 1. The van der Waals surface area contributed by atoms with E-state index in [0.29, 0.717) is 21.4 Å². The number of Topliss-reactive ketones (excluding diaryl/α,β-unsaturated/α-hetero) is 1. The van der Waals surface area contributed by atoms with Crippen molar-refractivity contribution in [1.29, 1.82) is 0 Å². The van der Waals surface area contributed by atoms with Crippen molar-refractivity contribution in [2.45, 2.75) is 12.3 Å². The Morgan fingerprint density at radius 1 is 1.33 bits per heavy atom. The summed E-state index contributed by atoms with van der Waals surface area (Å²) in [4.78, 5) is 12.2. The van der Waals surface area contributed by atoms with E-state index < -0.39 is 0 Å². The summed E-state index contributed by atoms with van der Waals surface area (Å²) < 4.78 is 0. The first-order valence-electron chi connectivity index (χ1n) is 5.39. The van der Waals surface area contributed by atoms with Crippen LogP contribution in [0.5, 0.6) is 0 Å². The average molecular weight is 283 g/mol. The zero-order valence-corrected chi connectivity index (χ0v) is 10.6. The smallest absolute Gasteiger partial charge is 0.178 e. The van der Waals surface area contributed by atoms with Crippen LogP contribution in [0.3, 0.4) is 0 Å². The molecule has 0 amide bonds. The maximum Gasteiger partial charge on any atom is 0.178 e. The van der Waals surface area contributed by atoms with Crippen molar-refractivity contribution in [2.24, 2.45) is 5.92 Å². The Hall–Kier alpha value is -1.46. The van der Waals surface area contributed by atoms with Gasteiger partial charge in [0.15, 0.2) is 11.6 Å². The van der Waals surface area contributed by atoms with Crippen LogP contribution in [0.1, 0.15) is 28.5 Å². The van der Waals surface area contributed by atoms with E-state index in [1.54, 1.807) is 18.2 Å². The third-order valence-electron chi connectivity index (χ3n) is 3.02. The summed E-state index contributed by atoms with van der Waals surface area (Å²) in [6.45, 7) is 0. The lowest BCUT2D eigenvalue weighted by molar-refractivity contribution is 0.0965. The van der Waals surface area contributed by atoms with E-state index in [4.69, 9.17) is 23.2 Å². The van der Waals surface area contributed by atoms with E-state index in [1.807, 2.05) is 0 Å². The first-order valence-corrected chi connectivity index (χ1v) is 6.15. The van der Waals surface area contributed by atoms with Crippen LogP contribution >= 0.6 is 23.2 Å². The Kier molecular flexibility index (Phi) is 2.80. The maximum absolute atomic E-state index is 12.2. The average Bonchev–Trinajstić information content (AvgIpc) is 2.98. The highest BCUT2D eigenvalue weighted by molar-refractivity contribution is 6.42. The molecule has 1 saturated carbocycles. The number of nitrogens with zero attached hydrogens (tertiary/aromatic N) is 3. The van der Waals surface area contributed by atoms with Gasteiger partial charge < -0.3 is 0 Å². The normalized spacial score (nSPS) is 21.9. The summed E-state index contributed by atoms with van der Waals surface area (Å²) in [6.07, 6.45) is 0.749. The van der Waals surface area contributed by atoms with Crippen molar-refractivity contribution in [3.8, 4) is 0 Å². The van der Waals surface area contributed by atoms with Crippen LogP contribution in [0.4, 0.5) is 0 Å². The molecule has 1 aromatic heterocycles. The van der Waals surface area contributed by atoms with Crippen molar-refractivity contribution in [1.82, 2.24) is 20.6 Å². The van der Waals surface area contributed by atoms with Crippen LogP contribution in [0.15, 0.2) is 18.2 Å². The van der Waals surface area contributed by atoms with Crippen LogP contribution in [-0.2, 0) is 0 Å². The van der Waals surface area contributed by atoms with Gasteiger partial charge in [-0.1, -0.05) is 28.4 Å². The third kappa shape index (κ3) is 2.00.